The van der Waals surface area contributed by atoms with Crippen LogP contribution >= 0.6 is 0 Å². The van der Waals surface area contributed by atoms with Crippen LogP contribution in [0.2, 0.25) is 0 Å². The van der Waals surface area contributed by atoms with E-state index in [-0.39, 0.29) is 29.2 Å². The molecule has 1 aliphatic heterocycles. The minimum absolute atomic E-state index is 0.00452. The number of benzene rings is 1. The maximum Gasteiger partial charge on any atom is 0.223 e. The van der Waals surface area contributed by atoms with Gasteiger partial charge in [-0.1, -0.05) is 0 Å². The van der Waals surface area contributed by atoms with Gasteiger partial charge < -0.3 is 19.9 Å². The Balaban J connectivity index is 1.73. The molecule has 2 unspecified atom stereocenters. The van der Waals surface area contributed by atoms with Crippen LogP contribution in [0.1, 0.15) is 32.1 Å². The number of nitrogens with zero attached hydrogens (tertiary/aromatic N) is 5. The highest BCUT2D eigenvalue weighted by molar-refractivity contribution is 5.83. The Bertz CT molecular complexity index is 1080. The zero-order valence-electron chi connectivity index (χ0n) is 17.5. The predicted molar refractivity (Wildman–Crippen MR) is 111 cm³/mol. The van der Waals surface area contributed by atoms with Gasteiger partial charge in [0.2, 0.25) is 5.95 Å². The smallest absolute Gasteiger partial charge is 0.223 e. The van der Waals surface area contributed by atoms with E-state index in [2.05, 4.69) is 20.3 Å². The van der Waals surface area contributed by atoms with Crippen LogP contribution in [0, 0.1) is 18.6 Å². The fraction of sp³-hybridized carbons (Fsp3) is 0.476. The van der Waals surface area contributed by atoms with Gasteiger partial charge >= 0.3 is 0 Å². The molecule has 0 saturated carbocycles. The van der Waals surface area contributed by atoms with Crippen molar-refractivity contribution in [2.45, 2.75) is 45.4 Å². The maximum absolute atomic E-state index is 14.8. The number of hydrogen-bond donors (Lipinski definition) is 2. The molecule has 0 amide bonds. The first-order valence-electron chi connectivity index (χ1n) is 10.1. The van der Waals surface area contributed by atoms with Crippen LogP contribution < -0.4 is 5.32 Å². The molecule has 9 heteroatoms. The number of likely N-dealkylation sites (N-methyl/N-ethyl adjacent to an activating group) is 1. The number of β-amino-alcohol motifs (C(OH)–C–C–N with tert-alkyl or cyclic N) is 1. The summed E-state index contributed by atoms with van der Waals surface area (Å²) in [6.45, 7) is 7.15. The molecule has 0 spiro atoms. The molecule has 2 aromatic heterocycles. The van der Waals surface area contributed by atoms with E-state index in [0.29, 0.717) is 29.9 Å². The maximum atomic E-state index is 14.8. The fourth-order valence-corrected chi connectivity index (χ4v) is 4.12. The zero-order chi connectivity index (χ0) is 21.6. The summed E-state index contributed by atoms with van der Waals surface area (Å²) in [5.74, 6) is -0.273. The number of anilines is 1. The number of piperidine rings is 1. The summed E-state index contributed by atoms with van der Waals surface area (Å²) < 4.78 is 31.3. The number of aliphatic hydroxyl groups excluding tert-OH is 1. The second kappa shape index (κ2) is 7.88. The topological polar surface area (TPSA) is 79.1 Å². The quantitative estimate of drug-likeness (QED) is 0.680. The summed E-state index contributed by atoms with van der Waals surface area (Å²) in [5, 5.41) is 13.4. The number of aryl methyl sites for hydroxylation is 1. The number of likely N-dealkylation sites (tertiary alicyclic amines) is 1. The number of hydrogen-bond acceptors (Lipinski definition) is 6. The molecule has 1 saturated heterocycles. The average Bonchev–Trinajstić information content (AvgIpc) is 3.02. The Morgan fingerprint density at radius 2 is 1.97 bits per heavy atom. The Morgan fingerprint density at radius 3 is 2.67 bits per heavy atom. The number of imidazole rings is 1. The van der Waals surface area contributed by atoms with Crippen LogP contribution in [0.15, 0.2) is 18.3 Å². The second-order valence-electron chi connectivity index (χ2n) is 8.21. The van der Waals surface area contributed by atoms with Crippen LogP contribution in [-0.4, -0.2) is 61.8 Å². The number of halogens is 2. The van der Waals surface area contributed by atoms with Gasteiger partial charge in [0.25, 0.3) is 0 Å². The normalized spacial score (nSPS) is 20.3. The highest BCUT2D eigenvalue weighted by atomic mass is 19.1. The molecule has 160 valence electrons. The average molecular weight is 416 g/mol. The van der Waals surface area contributed by atoms with E-state index in [0.717, 1.165) is 12.7 Å². The summed E-state index contributed by atoms with van der Waals surface area (Å²) in [5.41, 5.74) is 1.17. The monoisotopic (exact) mass is 416 g/mol. The lowest BCUT2D eigenvalue weighted by molar-refractivity contribution is 0.0726. The first kappa shape index (κ1) is 20.6. The van der Waals surface area contributed by atoms with Crippen LogP contribution in [0.25, 0.3) is 22.3 Å². The molecule has 2 N–H and O–H groups in total. The van der Waals surface area contributed by atoms with Crippen molar-refractivity contribution in [3.63, 3.8) is 0 Å². The molecule has 1 aliphatic rings. The Kier molecular flexibility index (Phi) is 5.42. The zero-order valence-corrected chi connectivity index (χ0v) is 17.5. The molecule has 3 aromatic rings. The lowest BCUT2D eigenvalue weighted by Gasteiger charge is -2.34. The minimum atomic E-state index is -0.643. The SMILES string of the molecule is Cc1nc2c(F)cc(-c3nc(NC4CCN(C)CC4O)ncc3F)cc2n1C(C)C. The highest BCUT2D eigenvalue weighted by Gasteiger charge is 2.27. The van der Waals surface area contributed by atoms with Crippen molar-refractivity contribution in [3.05, 3.63) is 35.8 Å². The van der Waals surface area contributed by atoms with Gasteiger partial charge in [-0.05, 0) is 52.9 Å². The van der Waals surface area contributed by atoms with Crippen molar-refractivity contribution >= 4 is 17.0 Å². The number of aliphatic hydroxyl groups is 1. The van der Waals surface area contributed by atoms with Crippen molar-refractivity contribution in [1.29, 1.82) is 0 Å². The van der Waals surface area contributed by atoms with E-state index in [9.17, 15) is 13.9 Å². The number of aromatic nitrogens is 4. The Labute approximate surface area is 173 Å². The first-order chi connectivity index (χ1) is 14.2. The van der Waals surface area contributed by atoms with Gasteiger partial charge in [-0.3, -0.25) is 0 Å². The lowest BCUT2D eigenvalue weighted by Crippen LogP contribution is -2.48. The van der Waals surface area contributed by atoms with E-state index in [1.807, 2.05) is 37.3 Å². The Hall–Kier alpha value is -2.65. The van der Waals surface area contributed by atoms with Crippen molar-refractivity contribution in [3.8, 4) is 11.3 Å². The van der Waals surface area contributed by atoms with Gasteiger partial charge in [0.05, 0.1) is 23.9 Å². The second-order valence-corrected chi connectivity index (χ2v) is 8.21. The molecule has 7 nitrogen and oxygen atoms in total. The van der Waals surface area contributed by atoms with E-state index in [1.54, 1.807) is 6.07 Å². The van der Waals surface area contributed by atoms with E-state index < -0.39 is 17.7 Å². The molecular weight excluding hydrogens is 390 g/mol. The summed E-state index contributed by atoms with van der Waals surface area (Å²) in [6.07, 6.45) is 1.19. The predicted octanol–water partition coefficient (Wildman–Crippen LogP) is 3.14. The van der Waals surface area contributed by atoms with Crippen LogP contribution in [0.5, 0.6) is 0 Å². The summed E-state index contributed by atoms with van der Waals surface area (Å²) in [6, 6.07) is 2.80. The van der Waals surface area contributed by atoms with Crippen LogP contribution in [0.4, 0.5) is 14.7 Å². The van der Waals surface area contributed by atoms with Gasteiger partial charge in [-0.2, -0.15) is 0 Å². The van der Waals surface area contributed by atoms with Gasteiger partial charge in [0, 0.05) is 18.2 Å². The molecule has 0 aliphatic carbocycles. The van der Waals surface area contributed by atoms with Crippen molar-refractivity contribution < 1.29 is 13.9 Å². The molecule has 30 heavy (non-hydrogen) atoms. The van der Waals surface area contributed by atoms with Crippen molar-refractivity contribution in [2.24, 2.45) is 0 Å². The lowest BCUT2D eigenvalue weighted by atomic mass is 10.0. The molecular formula is C21H26F2N6O. The van der Waals surface area contributed by atoms with Gasteiger partial charge in [0.15, 0.2) is 11.6 Å². The number of nitrogens with one attached hydrogen (secondary N) is 1. The van der Waals surface area contributed by atoms with Crippen molar-refractivity contribution in [1.82, 2.24) is 24.4 Å². The molecule has 0 radical (unpaired) electrons. The van der Waals surface area contributed by atoms with Crippen LogP contribution in [0.3, 0.4) is 0 Å². The minimum Gasteiger partial charge on any atom is -0.390 e. The molecule has 3 heterocycles. The molecule has 1 aromatic carbocycles. The van der Waals surface area contributed by atoms with Crippen LogP contribution in [-0.2, 0) is 0 Å². The summed E-state index contributed by atoms with van der Waals surface area (Å²) >= 11 is 0. The summed E-state index contributed by atoms with van der Waals surface area (Å²) in [4.78, 5) is 14.7. The summed E-state index contributed by atoms with van der Waals surface area (Å²) in [7, 11) is 1.94. The van der Waals surface area contributed by atoms with E-state index >= 15 is 0 Å². The number of fused-ring (bicyclic) bond motifs is 1. The molecule has 4 rings (SSSR count). The molecule has 2 atom stereocenters. The largest absolute Gasteiger partial charge is 0.390 e. The molecule has 1 fully saturated rings. The van der Waals surface area contributed by atoms with Gasteiger partial charge in [-0.25, -0.2) is 23.7 Å². The van der Waals surface area contributed by atoms with E-state index in [1.165, 1.54) is 6.07 Å². The standard InChI is InChI=1S/C21H26F2N6O/c1-11(2)29-12(3)25-20-14(22)7-13(8-17(20)29)19-15(23)9-24-21(27-19)26-16-5-6-28(4)10-18(16)30/h7-9,11,16,18,30H,5-6,10H2,1-4H3,(H,24,26,27). The van der Waals surface area contributed by atoms with Gasteiger partial charge in [-0.15, -0.1) is 0 Å². The Morgan fingerprint density at radius 1 is 1.20 bits per heavy atom. The van der Waals surface area contributed by atoms with Gasteiger partial charge in [0.1, 0.15) is 17.0 Å². The third-order valence-corrected chi connectivity index (χ3v) is 5.56. The third-order valence-electron chi connectivity index (χ3n) is 5.56. The fourth-order valence-electron chi connectivity index (χ4n) is 4.12. The van der Waals surface area contributed by atoms with E-state index in [4.69, 9.17) is 0 Å². The number of rotatable bonds is 4. The molecule has 0 bridgehead atoms. The third kappa shape index (κ3) is 3.75. The highest BCUT2D eigenvalue weighted by Crippen LogP contribution is 2.30. The first-order valence-corrected chi connectivity index (χ1v) is 10.1. The van der Waals surface area contributed by atoms with Crippen molar-refractivity contribution in [2.75, 3.05) is 25.5 Å².